The van der Waals surface area contributed by atoms with Crippen LogP contribution in [0.5, 0.6) is 0 Å². The smallest absolute Gasteiger partial charge is 0.264 e. The zero-order chi connectivity index (χ0) is 15.3. The number of rotatable bonds is 6. The normalized spacial score (nSPS) is 11.3. The largest absolute Gasteiger partial charge is 0.384 e. The highest BCUT2D eigenvalue weighted by Crippen LogP contribution is 2.22. The monoisotopic (exact) mass is 309 g/mol. The number of hydrogen-bond donors (Lipinski definition) is 1. The first-order valence-electron chi connectivity index (χ1n) is 6.39. The van der Waals surface area contributed by atoms with Gasteiger partial charge in [0.2, 0.25) is 0 Å². The van der Waals surface area contributed by atoms with Crippen LogP contribution in [-0.2, 0) is 21.2 Å². The van der Waals surface area contributed by atoms with Gasteiger partial charge in [-0.05, 0) is 30.2 Å². The highest BCUT2D eigenvalue weighted by atomic mass is 32.2. The van der Waals surface area contributed by atoms with Crippen LogP contribution in [0.1, 0.15) is 5.56 Å². The Balaban J connectivity index is 2.31. The first kappa shape index (κ1) is 15.5. The summed E-state index contributed by atoms with van der Waals surface area (Å²) in [5.41, 5.74) is 1.22. The minimum absolute atomic E-state index is 0.369. The fraction of sp³-hybridized carbons (Fsp3) is 0.200. The summed E-state index contributed by atoms with van der Waals surface area (Å²) in [6.07, 6.45) is 0.562. The van der Waals surface area contributed by atoms with Crippen LogP contribution in [0.3, 0.4) is 0 Å². The number of nitrogens with one attached hydrogen (secondary N) is 1. The van der Waals surface area contributed by atoms with Gasteiger partial charge in [-0.2, -0.15) is 0 Å². The van der Waals surface area contributed by atoms with Gasteiger partial charge in [-0.3, -0.25) is 4.72 Å². The van der Waals surface area contributed by atoms with E-state index in [1.807, 2.05) is 6.07 Å². The summed E-state index contributed by atoms with van der Waals surface area (Å²) in [7, 11) is -2.38. The Kier molecular flexibility index (Phi) is 4.93. The molecule has 0 saturated heterocycles. The second kappa shape index (κ2) is 6.69. The van der Waals surface area contributed by atoms with Crippen molar-refractivity contribution in [1.29, 1.82) is 0 Å². The minimum Gasteiger partial charge on any atom is -0.384 e. The van der Waals surface area contributed by atoms with Gasteiger partial charge in [0.25, 0.3) is 10.0 Å². The Morgan fingerprint density at radius 2 is 1.76 bits per heavy atom. The molecular weight excluding hydrogens is 293 g/mol. The van der Waals surface area contributed by atoms with E-state index in [9.17, 15) is 12.8 Å². The Labute approximate surface area is 123 Å². The molecule has 0 heterocycles. The molecule has 0 atom stereocenters. The molecule has 21 heavy (non-hydrogen) atoms. The molecule has 2 rings (SSSR count). The number of benzene rings is 2. The molecule has 0 aliphatic heterocycles. The van der Waals surface area contributed by atoms with E-state index in [0.29, 0.717) is 18.7 Å². The van der Waals surface area contributed by atoms with E-state index in [-0.39, 0.29) is 4.90 Å². The van der Waals surface area contributed by atoms with Gasteiger partial charge in [0, 0.05) is 7.11 Å². The highest BCUT2D eigenvalue weighted by Gasteiger charge is 2.19. The van der Waals surface area contributed by atoms with E-state index in [1.54, 1.807) is 25.3 Å². The Morgan fingerprint density at radius 1 is 1.10 bits per heavy atom. The van der Waals surface area contributed by atoms with Gasteiger partial charge < -0.3 is 4.74 Å². The average Bonchev–Trinajstić information content (AvgIpc) is 2.46. The Morgan fingerprint density at radius 3 is 2.48 bits per heavy atom. The Hall–Kier alpha value is -1.92. The lowest BCUT2D eigenvalue weighted by atomic mass is 10.1. The van der Waals surface area contributed by atoms with Gasteiger partial charge in [0.05, 0.1) is 12.3 Å². The zero-order valence-electron chi connectivity index (χ0n) is 11.5. The van der Waals surface area contributed by atoms with Crippen molar-refractivity contribution in [1.82, 2.24) is 0 Å². The molecule has 0 bridgehead atoms. The van der Waals surface area contributed by atoms with Gasteiger partial charge >= 0.3 is 0 Å². The van der Waals surface area contributed by atoms with Crippen molar-refractivity contribution in [3.8, 4) is 0 Å². The summed E-state index contributed by atoms with van der Waals surface area (Å²) >= 11 is 0. The molecule has 0 fully saturated rings. The van der Waals surface area contributed by atoms with Crippen molar-refractivity contribution in [3.63, 3.8) is 0 Å². The molecule has 0 aliphatic rings. The van der Waals surface area contributed by atoms with E-state index < -0.39 is 15.8 Å². The summed E-state index contributed by atoms with van der Waals surface area (Å²) < 4.78 is 45.6. The molecule has 6 heteroatoms. The average molecular weight is 309 g/mol. The van der Waals surface area contributed by atoms with Gasteiger partial charge in [0.1, 0.15) is 10.7 Å². The quantitative estimate of drug-likeness (QED) is 0.892. The number of sulfonamides is 1. The van der Waals surface area contributed by atoms with Crippen molar-refractivity contribution >= 4 is 15.7 Å². The summed E-state index contributed by atoms with van der Waals surface area (Å²) in [5.74, 6) is -0.778. The standard InChI is InChI=1S/C15H16FNO3S/c1-20-11-10-12-6-2-4-8-14(12)17-21(18,19)15-9-5-3-7-13(15)16/h2-9,17H,10-11H2,1H3. The summed E-state index contributed by atoms with van der Waals surface area (Å²) in [6.45, 7) is 0.471. The third-order valence-corrected chi connectivity index (χ3v) is 4.36. The second-order valence-electron chi connectivity index (χ2n) is 4.44. The van der Waals surface area contributed by atoms with Crippen molar-refractivity contribution in [2.24, 2.45) is 0 Å². The van der Waals surface area contributed by atoms with Crippen LogP contribution in [0, 0.1) is 5.82 Å². The molecule has 0 aliphatic carbocycles. The van der Waals surface area contributed by atoms with E-state index in [2.05, 4.69) is 4.72 Å². The molecule has 0 saturated carbocycles. The van der Waals surface area contributed by atoms with Crippen molar-refractivity contribution in [2.75, 3.05) is 18.4 Å². The fourth-order valence-corrected chi connectivity index (χ4v) is 3.09. The predicted octanol–water partition coefficient (Wildman–Crippen LogP) is 2.82. The number of methoxy groups -OCH3 is 1. The number of halogens is 1. The van der Waals surface area contributed by atoms with Crippen molar-refractivity contribution in [2.45, 2.75) is 11.3 Å². The maximum Gasteiger partial charge on any atom is 0.264 e. The molecule has 2 aromatic carbocycles. The van der Waals surface area contributed by atoms with Crippen LogP contribution >= 0.6 is 0 Å². The lowest BCUT2D eigenvalue weighted by Gasteiger charge is -2.12. The molecule has 0 aromatic heterocycles. The van der Waals surface area contributed by atoms with Crippen LogP contribution in [0.4, 0.5) is 10.1 Å². The maximum atomic E-state index is 13.7. The molecule has 2 aromatic rings. The Bertz CT molecular complexity index is 716. The maximum absolute atomic E-state index is 13.7. The molecule has 0 unspecified atom stereocenters. The number of anilines is 1. The van der Waals surface area contributed by atoms with Crippen LogP contribution in [0.25, 0.3) is 0 Å². The van der Waals surface area contributed by atoms with Gasteiger partial charge in [-0.25, -0.2) is 12.8 Å². The fourth-order valence-electron chi connectivity index (χ4n) is 1.91. The SMILES string of the molecule is COCCc1ccccc1NS(=O)(=O)c1ccccc1F. The molecule has 0 amide bonds. The number of para-hydroxylation sites is 1. The molecule has 0 radical (unpaired) electrons. The zero-order valence-corrected chi connectivity index (χ0v) is 12.4. The van der Waals surface area contributed by atoms with Crippen LogP contribution in [0.15, 0.2) is 53.4 Å². The van der Waals surface area contributed by atoms with Crippen molar-refractivity contribution < 1.29 is 17.5 Å². The molecular formula is C15H16FNO3S. The lowest BCUT2D eigenvalue weighted by molar-refractivity contribution is 0.202. The van der Waals surface area contributed by atoms with Gasteiger partial charge in [0.15, 0.2) is 0 Å². The summed E-state index contributed by atoms with van der Waals surface area (Å²) in [6, 6.07) is 12.2. The molecule has 4 nitrogen and oxygen atoms in total. The summed E-state index contributed by atoms with van der Waals surface area (Å²) in [5, 5.41) is 0. The van der Waals surface area contributed by atoms with E-state index in [4.69, 9.17) is 4.74 Å². The van der Waals surface area contributed by atoms with Crippen LogP contribution < -0.4 is 4.72 Å². The summed E-state index contributed by atoms with van der Waals surface area (Å²) in [4.78, 5) is -0.369. The van der Waals surface area contributed by atoms with E-state index in [0.717, 1.165) is 11.6 Å². The van der Waals surface area contributed by atoms with Gasteiger partial charge in [-0.1, -0.05) is 30.3 Å². The van der Waals surface area contributed by atoms with Crippen molar-refractivity contribution in [3.05, 3.63) is 59.9 Å². The second-order valence-corrected chi connectivity index (χ2v) is 6.09. The molecule has 0 spiro atoms. The first-order valence-corrected chi connectivity index (χ1v) is 7.87. The third-order valence-electron chi connectivity index (χ3n) is 2.96. The third kappa shape index (κ3) is 3.80. The topological polar surface area (TPSA) is 55.4 Å². The van der Waals surface area contributed by atoms with Crippen LogP contribution in [-0.4, -0.2) is 22.1 Å². The highest BCUT2D eigenvalue weighted by molar-refractivity contribution is 7.92. The molecule has 1 N–H and O–H groups in total. The predicted molar refractivity (Wildman–Crippen MR) is 79.2 cm³/mol. The van der Waals surface area contributed by atoms with Crippen LogP contribution in [0.2, 0.25) is 0 Å². The number of hydrogen-bond acceptors (Lipinski definition) is 3. The molecule has 112 valence electrons. The number of ether oxygens (including phenoxy) is 1. The lowest BCUT2D eigenvalue weighted by Crippen LogP contribution is -2.16. The van der Waals surface area contributed by atoms with E-state index in [1.165, 1.54) is 18.2 Å². The minimum atomic E-state index is -3.96. The van der Waals surface area contributed by atoms with E-state index >= 15 is 0 Å². The van der Waals surface area contributed by atoms with Gasteiger partial charge in [-0.15, -0.1) is 0 Å². The first-order chi connectivity index (χ1) is 10.0.